The van der Waals surface area contributed by atoms with E-state index in [-0.39, 0.29) is 55.3 Å². The summed E-state index contributed by atoms with van der Waals surface area (Å²) in [5.41, 5.74) is 10.4. The maximum atomic E-state index is 11.3. The molecule has 0 amide bonds. The Balaban J connectivity index is -0.000000184. The molecule has 0 radical (unpaired) electrons. The summed E-state index contributed by atoms with van der Waals surface area (Å²) in [4.78, 5) is 52.7. The van der Waals surface area contributed by atoms with Gasteiger partial charge >= 0.3 is 29.8 Å². The van der Waals surface area contributed by atoms with Crippen LogP contribution in [0.2, 0.25) is 0 Å². The SMILES string of the molecule is C.C.CC(C)(C)CC(O)CO.CC(C)(C)CCC(C(=O)O)C(=O)O.CC(C)(C)CCC(O)C(=O)O.CC(C)(C)CCCCC(N)C(=O)O.CCCOCCOCCC(C)(C)C.Cc1cc(CC(C(=O)O)C(C)(C)C)ccc1O.Cc1cc(CCC(C)(C)C)ccc1O. The average molecular weight is 1320 g/mol. The number of ether oxygens (including phenoxy) is 2. The minimum absolute atomic E-state index is 0. The number of hydrogen-bond acceptors (Lipinski definition) is 13. The van der Waals surface area contributed by atoms with Crippen LogP contribution in [0.4, 0.5) is 0 Å². The lowest BCUT2D eigenvalue weighted by Gasteiger charge is -2.27. The van der Waals surface area contributed by atoms with Gasteiger partial charge in [-0.05, 0) is 163 Å². The lowest BCUT2D eigenvalue weighted by atomic mass is 9.77. The molecule has 2 aromatic carbocycles. The van der Waals surface area contributed by atoms with E-state index in [9.17, 15) is 39.3 Å². The Kier molecular flexibility index (Phi) is 54.4. The van der Waals surface area contributed by atoms with Gasteiger partial charge in [0.1, 0.15) is 17.5 Å². The third-order valence-electron chi connectivity index (χ3n) is 13.5. The lowest BCUT2D eigenvalue weighted by molar-refractivity contribution is -0.155. The third kappa shape index (κ3) is 68.0. The first kappa shape index (κ1) is 101. The summed E-state index contributed by atoms with van der Waals surface area (Å²) in [6.07, 6.45) is 9.37. The maximum absolute atomic E-state index is 11.3. The fourth-order valence-corrected chi connectivity index (χ4v) is 7.62. The molecule has 0 spiro atoms. The quantitative estimate of drug-likeness (QED) is 0.0308. The summed E-state index contributed by atoms with van der Waals surface area (Å²) in [6, 6.07) is 10.4. The summed E-state index contributed by atoms with van der Waals surface area (Å²) in [5.74, 6) is -6.35. The van der Waals surface area contributed by atoms with Gasteiger partial charge < -0.3 is 66.3 Å². The Hall–Kier alpha value is -4.85. The number of hydrogen-bond donors (Lipinski definition) is 11. The first-order valence-electron chi connectivity index (χ1n) is 32.1. The zero-order chi connectivity index (χ0) is 71.8. The molecular weight excluding hydrogens is 1170 g/mol. The van der Waals surface area contributed by atoms with Gasteiger partial charge in [0, 0.05) is 13.2 Å². The number of aliphatic hydroxyl groups is 3. The van der Waals surface area contributed by atoms with Crippen LogP contribution in [0.5, 0.6) is 11.5 Å². The Morgan fingerprint density at radius 1 is 0.478 bits per heavy atom. The highest BCUT2D eigenvalue weighted by Crippen LogP contribution is 2.31. The van der Waals surface area contributed by atoms with E-state index in [0.29, 0.717) is 54.1 Å². The number of rotatable bonds is 26. The number of carboxylic acid groups (broad SMARTS) is 5. The maximum Gasteiger partial charge on any atom is 0.332 e. The van der Waals surface area contributed by atoms with Crippen LogP contribution in [0.1, 0.15) is 266 Å². The van der Waals surface area contributed by atoms with Gasteiger partial charge in [-0.25, -0.2) is 4.79 Å². The van der Waals surface area contributed by atoms with Crippen LogP contribution in [-0.2, 0) is 46.3 Å². The lowest BCUT2D eigenvalue weighted by Crippen LogP contribution is -2.30. The number of aliphatic hydroxyl groups excluding tert-OH is 3. The predicted octanol–water partition coefficient (Wildman–Crippen LogP) is 16.4. The minimum Gasteiger partial charge on any atom is -0.508 e. The molecule has 18 heteroatoms. The van der Waals surface area contributed by atoms with Crippen LogP contribution in [0, 0.1) is 63.6 Å². The number of nitrogens with two attached hydrogens (primary N) is 1. The zero-order valence-corrected chi connectivity index (χ0v) is 60.7. The number of aromatic hydroxyl groups is 2. The van der Waals surface area contributed by atoms with Gasteiger partial charge in [0.25, 0.3) is 0 Å². The normalized spacial score (nSPS) is 12.9. The molecule has 0 bridgehead atoms. The van der Waals surface area contributed by atoms with Crippen molar-refractivity contribution in [3.05, 3.63) is 58.7 Å². The number of carboxylic acids is 5. The topological polar surface area (TPSA) is 332 Å². The Labute approximate surface area is 559 Å². The van der Waals surface area contributed by atoms with Crippen molar-refractivity contribution in [1.29, 1.82) is 0 Å². The molecule has 4 unspecified atom stereocenters. The van der Waals surface area contributed by atoms with E-state index in [1.807, 2.05) is 109 Å². The van der Waals surface area contributed by atoms with Crippen molar-refractivity contribution < 1.29 is 84.5 Å². The summed E-state index contributed by atoms with van der Waals surface area (Å²) >= 11 is 0. The predicted molar refractivity (Wildman–Crippen MR) is 378 cm³/mol. The van der Waals surface area contributed by atoms with E-state index in [0.717, 1.165) is 88.1 Å². The monoisotopic (exact) mass is 1320 g/mol. The van der Waals surface area contributed by atoms with E-state index in [1.165, 1.54) is 12.0 Å². The Morgan fingerprint density at radius 2 is 0.880 bits per heavy atom. The van der Waals surface area contributed by atoms with Crippen LogP contribution >= 0.6 is 0 Å². The van der Waals surface area contributed by atoms with Crippen molar-refractivity contribution in [2.45, 2.75) is 289 Å². The largest absolute Gasteiger partial charge is 0.508 e. The van der Waals surface area contributed by atoms with Gasteiger partial charge in [-0.1, -0.05) is 204 Å². The highest BCUT2D eigenvalue weighted by molar-refractivity contribution is 5.92. The number of phenolic OH excluding ortho intramolecular Hbond substituents is 2. The average Bonchev–Trinajstić information content (AvgIpc) is 1.32. The van der Waals surface area contributed by atoms with Gasteiger partial charge in [0.05, 0.1) is 31.8 Å². The van der Waals surface area contributed by atoms with Crippen LogP contribution in [-0.4, -0.2) is 132 Å². The van der Waals surface area contributed by atoms with Crippen molar-refractivity contribution >= 4 is 29.8 Å². The van der Waals surface area contributed by atoms with Crippen molar-refractivity contribution in [3.8, 4) is 11.5 Å². The molecule has 0 aliphatic heterocycles. The van der Waals surface area contributed by atoms with Crippen LogP contribution in [0.15, 0.2) is 36.4 Å². The molecule has 0 heterocycles. The summed E-state index contributed by atoms with van der Waals surface area (Å²) < 4.78 is 10.7. The number of aryl methyl sites for hydroxylation is 3. The molecule has 0 aliphatic carbocycles. The fraction of sp³-hybridized carbons (Fsp3) is 0.770. The molecule has 18 nitrogen and oxygen atoms in total. The molecule has 0 aromatic heterocycles. The molecule has 92 heavy (non-hydrogen) atoms. The van der Waals surface area contributed by atoms with Crippen LogP contribution in [0.3, 0.4) is 0 Å². The second-order valence-electron chi connectivity index (χ2n) is 31.9. The van der Waals surface area contributed by atoms with E-state index < -0.39 is 59.9 Å². The standard InChI is InChI=1S/C14H20O3.C13H20O.C11H24O2.C10H21NO2.C9H16O4.C8H16O3.C7H16O2.2CH4/c1-9-7-10(5-6-12(9)15)8-11(13(16)17)14(2,3)4;1-10-9-11(5-6-12(10)14)7-8-13(2,3)4;1-5-7-12-9-10-13-8-6-11(2,3)4;1-10(2,3)7-5-4-6-8(11)9(12)13;1-9(2,3)5-4-6(7(10)11)8(12)13;1-8(2,3)5-4-6(9)7(10)11;1-7(2,3)4-6(9)5-8;;/h5-7,11,15H,8H2,1-4H3,(H,16,17);5-6,9,14H,7-8H2,1-4H3;5-10H2,1-4H3;8H,4-7,11H2,1-3H3,(H,12,13);6H,4-5H2,1-3H3,(H,10,11)(H,12,13);6,9H,4-5H2,1-3H3,(H,10,11);6,8-9H,4-5H2,1-3H3;2*1H4. The number of benzene rings is 2. The van der Waals surface area contributed by atoms with E-state index in [1.54, 1.807) is 18.2 Å². The summed E-state index contributed by atoms with van der Waals surface area (Å²) in [7, 11) is 0. The number of carbonyl (C=O) groups is 5. The van der Waals surface area contributed by atoms with E-state index in [4.69, 9.17) is 51.0 Å². The molecular formula is C74H141NO17. The number of unbranched alkanes of at least 4 members (excludes halogenated alkanes) is 1. The third-order valence-corrected chi connectivity index (χ3v) is 13.5. The summed E-state index contributed by atoms with van der Waals surface area (Å²) in [5, 5.41) is 88.3. The van der Waals surface area contributed by atoms with Crippen LogP contribution in [0.25, 0.3) is 0 Å². The molecule has 0 saturated heterocycles. The second-order valence-corrected chi connectivity index (χ2v) is 31.9. The molecule has 544 valence electrons. The highest BCUT2D eigenvalue weighted by Gasteiger charge is 2.31. The number of phenols is 2. The zero-order valence-electron chi connectivity index (χ0n) is 60.7. The van der Waals surface area contributed by atoms with Gasteiger partial charge in [-0.2, -0.15) is 0 Å². The van der Waals surface area contributed by atoms with Gasteiger partial charge in [0.2, 0.25) is 0 Å². The smallest absolute Gasteiger partial charge is 0.332 e. The van der Waals surface area contributed by atoms with Gasteiger partial charge in [0.15, 0.2) is 12.0 Å². The van der Waals surface area contributed by atoms with Crippen molar-refractivity contribution in [1.82, 2.24) is 0 Å². The highest BCUT2D eigenvalue weighted by atomic mass is 16.5. The molecule has 0 aliphatic rings. The Morgan fingerprint density at radius 3 is 1.21 bits per heavy atom. The first-order chi connectivity index (χ1) is 40.5. The van der Waals surface area contributed by atoms with Crippen molar-refractivity contribution in [3.63, 3.8) is 0 Å². The van der Waals surface area contributed by atoms with Crippen molar-refractivity contribution in [2.75, 3.05) is 33.0 Å². The van der Waals surface area contributed by atoms with E-state index in [2.05, 4.69) is 75.3 Å². The first-order valence-corrected chi connectivity index (χ1v) is 32.1. The molecule has 0 fully saturated rings. The van der Waals surface area contributed by atoms with E-state index >= 15 is 0 Å². The molecule has 4 atom stereocenters. The molecule has 12 N–H and O–H groups in total. The molecule has 0 saturated carbocycles. The fourth-order valence-electron chi connectivity index (χ4n) is 7.62. The summed E-state index contributed by atoms with van der Waals surface area (Å²) in [6.45, 7) is 52.7. The van der Waals surface area contributed by atoms with Crippen molar-refractivity contribution in [2.24, 2.45) is 55.5 Å². The number of aliphatic carboxylic acids is 5. The Bertz CT molecular complexity index is 2230. The minimum atomic E-state index is -1.26. The second kappa shape index (κ2) is 49.7. The van der Waals surface area contributed by atoms with Gasteiger partial charge in [-0.15, -0.1) is 0 Å². The van der Waals surface area contributed by atoms with Gasteiger partial charge in [-0.3, -0.25) is 19.2 Å². The van der Waals surface area contributed by atoms with Crippen LogP contribution < -0.4 is 5.73 Å². The molecule has 2 aromatic rings. The molecule has 2 rings (SSSR count).